The molecule has 1 aromatic carbocycles. The average molecular weight is 356 g/mol. The Morgan fingerprint density at radius 2 is 2.04 bits per heavy atom. The second kappa shape index (κ2) is 7.19. The lowest BCUT2D eigenvalue weighted by Gasteiger charge is -2.12. The van der Waals surface area contributed by atoms with E-state index in [1.807, 2.05) is 6.07 Å². The van der Waals surface area contributed by atoms with E-state index >= 15 is 0 Å². The molecule has 0 aliphatic heterocycles. The number of allylic oxidation sites excluding steroid dienone is 1. The number of nitrogens with two attached hydrogens (primary N) is 2. The van der Waals surface area contributed by atoms with E-state index in [1.165, 1.54) is 30.6 Å². The van der Waals surface area contributed by atoms with Crippen LogP contribution >= 0.6 is 11.6 Å². The number of hydrogen-bond donors (Lipinski definition) is 3. The maximum absolute atomic E-state index is 14.2. The first-order valence-corrected chi connectivity index (χ1v) is 7.78. The minimum absolute atomic E-state index is 0.288. The molecule has 0 bridgehead atoms. The van der Waals surface area contributed by atoms with Gasteiger partial charge in [0.2, 0.25) is 0 Å². The van der Waals surface area contributed by atoms with E-state index in [1.54, 1.807) is 24.4 Å². The van der Waals surface area contributed by atoms with Gasteiger partial charge in [0.25, 0.3) is 0 Å². The molecule has 0 spiro atoms. The summed E-state index contributed by atoms with van der Waals surface area (Å²) in [7, 11) is 0. The molecule has 5 N–H and O–H groups in total. The van der Waals surface area contributed by atoms with Gasteiger partial charge >= 0.3 is 0 Å². The molecule has 25 heavy (non-hydrogen) atoms. The van der Waals surface area contributed by atoms with Crippen molar-refractivity contribution >= 4 is 28.3 Å². The van der Waals surface area contributed by atoms with Crippen molar-refractivity contribution in [2.75, 3.05) is 5.32 Å². The summed E-state index contributed by atoms with van der Waals surface area (Å²) in [4.78, 5) is 8.70. The van der Waals surface area contributed by atoms with Crippen LogP contribution in [0.4, 0.5) is 10.1 Å². The Morgan fingerprint density at radius 3 is 2.80 bits per heavy atom. The Bertz CT molecular complexity index is 984. The van der Waals surface area contributed by atoms with Crippen molar-refractivity contribution in [3.05, 3.63) is 77.6 Å². The van der Waals surface area contributed by atoms with Gasteiger partial charge in [0.05, 0.1) is 17.1 Å². The molecule has 2 heterocycles. The van der Waals surface area contributed by atoms with Crippen molar-refractivity contribution < 1.29 is 4.39 Å². The van der Waals surface area contributed by atoms with E-state index < -0.39 is 5.82 Å². The molecular formula is C18H15ClFN5. The number of rotatable bonds is 4. The van der Waals surface area contributed by atoms with Crippen LogP contribution in [0.5, 0.6) is 0 Å². The molecule has 0 fully saturated rings. The monoisotopic (exact) mass is 355 g/mol. The minimum Gasteiger partial charge on any atom is -0.405 e. The molecular weight excluding hydrogens is 341 g/mol. The zero-order valence-electron chi connectivity index (χ0n) is 13.1. The summed E-state index contributed by atoms with van der Waals surface area (Å²) in [5, 5.41) is 4.33. The number of benzene rings is 1. The molecule has 5 nitrogen and oxygen atoms in total. The molecule has 0 saturated heterocycles. The van der Waals surface area contributed by atoms with Crippen LogP contribution in [-0.2, 0) is 0 Å². The zero-order chi connectivity index (χ0) is 17.8. The van der Waals surface area contributed by atoms with Gasteiger partial charge < -0.3 is 16.8 Å². The normalized spacial score (nSPS) is 12.0. The van der Waals surface area contributed by atoms with Crippen LogP contribution in [0, 0.1) is 5.82 Å². The summed E-state index contributed by atoms with van der Waals surface area (Å²) >= 11 is 6.00. The number of hydrogen-bond acceptors (Lipinski definition) is 5. The highest BCUT2D eigenvalue weighted by Gasteiger charge is 2.12. The molecule has 0 saturated carbocycles. The van der Waals surface area contributed by atoms with Crippen LogP contribution in [0.25, 0.3) is 22.3 Å². The summed E-state index contributed by atoms with van der Waals surface area (Å²) in [6.45, 7) is 0. The summed E-state index contributed by atoms with van der Waals surface area (Å²) in [6.07, 6.45) is 5.98. The third kappa shape index (κ3) is 3.54. The second-order valence-electron chi connectivity index (χ2n) is 5.16. The molecule has 0 amide bonds. The Balaban J connectivity index is 2.20. The lowest BCUT2D eigenvalue weighted by molar-refractivity contribution is 0.631. The Hall–Kier alpha value is -3.12. The number of halogens is 2. The average Bonchev–Trinajstić information content (AvgIpc) is 2.63. The maximum Gasteiger partial charge on any atom is 0.161 e. The molecule has 3 aromatic rings. The number of anilines is 1. The summed E-state index contributed by atoms with van der Waals surface area (Å²) in [6, 6.07) is 9.68. The van der Waals surface area contributed by atoms with Crippen LogP contribution in [-0.4, -0.2) is 9.97 Å². The van der Waals surface area contributed by atoms with E-state index in [-0.39, 0.29) is 5.56 Å². The van der Waals surface area contributed by atoms with Gasteiger partial charge in [0.1, 0.15) is 5.82 Å². The van der Waals surface area contributed by atoms with Gasteiger partial charge in [-0.15, -0.1) is 0 Å². The van der Waals surface area contributed by atoms with Gasteiger partial charge in [-0.2, -0.15) is 0 Å². The highest BCUT2D eigenvalue weighted by atomic mass is 35.5. The topological polar surface area (TPSA) is 89.8 Å². The van der Waals surface area contributed by atoms with Gasteiger partial charge in [0, 0.05) is 28.4 Å². The van der Waals surface area contributed by atoms with Crippen molar-refractivity contribution in [3.63, 3.8) is 0 Å². The van der Waals surface area contributed by atoms with E-state index in [0.29, 0.717) is 27.7 Å². The van der Waals surface area contributed by atoms with Gasteiger partial charge in [-0.1, -0.05) is 11.6 Å². The molecule has 0 aliphatic rings. The first-order valence-electron chi connectivity index (χ1n) is 7.41. The predicted octanol–water partition coefficient (Wildman–Crippen LogP) is 3.77. The predicted molar refractivity (Wildman–Crippen MR) is 99.2 cm³/mol. The SMILES string of the molecule is N/C=C\C(=C/N)Nc1cc(-c2cc(Cl)ccc2F)nc2ncccc12. The lowest BCUT2D eigenvalue weighted by atomic mass is 10.1. The molecule has 2 aromatic heterocycles. The zero-order valence-corrected chi connectivity index (χ0v) is 13.8. The molecule has 0 aliphatic carbocycles. The fourth-order valence-electron chi connectivity index (χ4n) is 2.39. The van der Waals surface area contributed by atoms with Gasteiger partial charge in [-0.3, -0.25) is 0 Å². The summed E-state index contributed by atoms with van der Waals surface area (Å²) in [5.41, 5.74) is 13.4. The fourth-order valence-corrected chi connectivity index (χ4v) is 2.56. The van der Waals surface area contributed by atoms with Crippen LogP contribution < -0.4 is 16.8 Å². The molecule has 0 atom stereocenters. The summed E-state index contributed by atoms with van der Waals surface area (Å²) < 4.78 is 14.2. The van der Waals surface area contributed by atoms with E-state index in [4.69, 9.17) is 23.1 Å². The number of pyridine rings is 2. The molecule has 0 radical (unpaired) electrons. The second-order valence-corrected chi connectivity index (χ2v) is 5.60. The van der Waals surface area contributed by atoms with Gasteiger partial charge in [0.15, 0.2) is 5.65 Å². The van der Waals surface area contributed by atoms with Gasteiger partial charge in [-0.05, 0) is 48.7 Å². The van der Waals surface area contributed by atoms with Crippen LogP contribution in [0.1, 0.15) is 0 Å². The van der Waals surface area contributed by atoms with Crippen LogP contribution in [0.2, 0.25) is 5.02 Å². The smallest absolute Gasteiger partial charge is 0.161 e. The Labute approximate surface area is 148 Å². The third-order valence-corrected chi connectivity index (χ3v) is 3.76. The van der Waals surface area contributed by atoms with Crippen molar-refractivity contribution in [1.29, 1.82) is 0 Å². The highest BCUT2D eigenvalue weighted by molar-refractivity contribution is 6.30. The molecule has 7 heteroatoms. The highest BCUT2D eigenvalue weighted by Crippen LogP contribution is 2.31. The van der Waals surface area contributed by atoms with Gasteiger partial charge in [-0.25, -0.2) is 14.4 Å². The quantitative estimate of drug-likeness (QED) is 0.620. The molecule has 126 valence electrons. The number of nitrogens with one attached hydrogen (secondary N) is 1. The molecule has 3 rings (SSSR count). The van der Waals surface area contributed by atoms with Crippen molar-refractivity contribution in [3.8, 4) is 11.3 Å². The number of nitrogens with zero attached hydrogens (tertiary/aromatic N) is 2. The van der Waals surface area contributed by atoms with Crippen molar-refractivity contribution in [2.45, 2.75) is 0 Å². The van der Waals surface area contributed by atoms with E-state index in [2.05, 4.69) is 15.3 Å². The standard InChI is InChI=1S/C18H15ClFN5/c19-11-3-4-15(20)14(8-11)17-9-16(24-12(10-22)5-6-21)13-2-1-7-23-18(13)25-17/h1-10H,21-22H2,(H,23,24,25)/b6-5-,12-10+. The van der Waals surface area contributed by atoms with Crippen molar-refractivity contribution in [2.24, 2.45) is 11.5 Å². The third-order valence-electron chi connectivity index (χ3n) is 3.52. The van der Waals surface area contributed by atoms with Crippen LogP contribution in [0.3, 0.4) is 0 Å². The number of aromatic nitrogens is 2. The largest absolute Gasteiger partial charge is 0.405 e. The maximum atomic E-state index is 14.2. The Morgan fingerprint density at radius 1 is 1.20 bits per heavy atom. The Kier molecular flexibility index (Phi) is 4.81. The lowest BCUT2D eigenvalue weighted by Crippen LogP contribution is -2.03. The minimum atomic E-state index is -0.422. The van der Waals surface area contributed by atoms with Crippen LogP contribution in [0.15, 0.2) is 66.8 Å². The van der Waals surface area contributed by atoms with Crippen molar-refractivity contribution in [1.82, 2.24) is 9.97 Å². The molecule has 0 unspecified atom stereocenters. The number of fused-ring (bicyclic) bond motifs is 1. The first-order chi connectivity index (χ1) is 12.1. The summed E-state index contributed by atoms with van der Waals surface area (Å²) in [5.74, 6) is -0.422. The first kappa shape index (κ1) is 16.7. The van der Waals surface area contributed by atoms with E-state index in [9.17, 15) is 4.39 Å². The van der Waals surface area contributed by atoms with E-state index in [0.717, 1.165) is 5.39 Å². The fraction of sp³-hybridized carbons (Fsp3) is 0.